The van der Waals surface area contributed by atoms with Crippen LogP contribution in [-0.4, -0.2) is 11.5 Å². The Hall–Kier alpha value is -0.170. The summed E-state index contributed by atoms with van der Waals surface area (Å²) < 4.78 is 0. The van der Waals surface area contributed by atoms with E-state index < -0.39 is 0 Å². The van der Waals surface area contributed by atoms with Crippen molar-refractivity contribution in [2.24, 2.45) is 0 Å². The van der Waals surface area contributed by atoms with Crippen molar-refractivity contribution in [3.8, 4) is 0 Å². The summed E-state index contributed by atoms with van der Waals surface area (Å²) in [5, 5.41) is 0.657. The lowest BCUT2D eigenvalue weighted by Crippen LogP contribution is -1.96. The number of hydrogen-bond donors (Lipinski definition) is 0. The van der Waals surface area contributed by atoms with Crippen LogP contribution in [0.15, 0.2) is 23.3 Å². The summed E-state index contributed by atoms with van der Waals surface area (Å²) in [6.07, 6.45) is 7.97. The van der Waals surface area contributed by atoms with Gasteiger partial charge in [-0.05, 0) is 40.4 Å². The van der Waals surface area contributed by atoms with Crippen molar-refractivity contribution in [2.45, 2.75) is 39.4 Å². The first kappa shape index (κ1) is 11.8. The molecule has 1 unspecified atom stereocenters. The lowest BCUT2D eigenvalue weighted by atomic mass is 10.2. The predicted octanol–water partition coefficient (Wildman–Crippen LogP) is 4.04. The standard InChI is InChI=1S/C11H20S/c1-9(2)6-7-11(12-5)8-10(3)4/h6,8,11H,7H2,1-5H3. The smallest absolute Gasteiger partial charge is 0.0261 e. The maximum absolute atomic E-state index is 2.34. The predicted molar refractivity (Wildman–Crippen MR) is 60.8 cm³/mol. The Bertz CT molecular complexity index is 169. The van der Waals surface area contributed by atoms with Crippen molar-refractivity contribution in [1.29, 1.82) is 0 Å². The van der Waals surface area contributed by atoms with Gasteiger partial charge in [0.1, 0.15) is 0 Å². The van der Waals surface area contributed by atoms with Crippen LogP contribution in [0, 0.1) is 0 Å². The molecule has 0 N–H and O–H groups in total. The van der Waals surface area contributed by atoms with Crippen molar-refractivity contribution in [1.82, 2.24) is 0 Å². The fourth-order valence-electron chi connectivity index (χ4n) is 0.956. The third-order valence-electron chi connectivity index (χ3n) is 1.58. The Balaban J connectivity index is 4.01. The largest absolute Gasteiger partial charge is 0.158 e. The Morgan fingerprint density at radius 2 is 1.75 bits per heavy atom. The second kappa shape index (κ2) is 6.36. The quantitative estimate of drug-likeness (QED) is 0.594. The molecule has 1 heteroatoms. The maximum atomic E-state index is 2.34. The van der Waals surface area contributed by atoms with Crippen molar-refractivity contribution in [3.05, 3.63) is 23.3 Å². The van der Waals surface area contributed by atoms with Gasteiger partial charge in [-0.2, -0.15) is 11.8 Å². The van der Waals surface area contributed by atoms with Crippen LogP contribution >= 0.6 is 11.8 Å². The Kier molecular flexibility index (Phi) is 6.27. The molecule has 1 atom stereocenters. The number of allylic oxidation sites excluding steroid dienone is 3. The van der Waals surface area contributed by atoms with E-state index in [-0.39, 0.29) is 0 Å². The van der Waals surface area contributed by atoms with Gasteiger partial charge >= 0.3 is 0 Å². The lowest BCUT2D eigenvalue weighted by molar-refractivity contribution is 1.04. The summed E-state index contributed by atoms with van der Waals surface area (Å²) in [5.74, 6) is 0. The van der Waals surface area contributed by atoms with Gasteiger partial charge in [0.15, 0.2) is 0 Å². The van der Waals surface area contributed by atoms with E-state index in [0.29, 0.717) is 5.25 Å². The highest BCUT2D eigenvalue weighted by atomic mass is 32.2. The van der Waals surface area contributed by atoms with Crippen molar-refractivity contribution >= 4 is 11.8 Å². The molecule has 0 rings (SSSR count). The normalized spacial score (nSPS) is 12.1. The highest BCUT2D eigenvalue weighted by Crippen LogP contribution is 2.15. The van der Waals surface area contributed by atoms with Crippen molar-refractivity contribution < 1.29 is 0 Å². The van der Waals surface area contributed by atoms with Gasteiger partial charge < -0.3 is 0 Å². The molecule has 0 saturated carbocycles. The molecule has 0 nitrogen and oxygen atoms in total. The second-order valence-corrected chi connectivity index (χ2v) is 4.61. The summed E-state index contributed by atoms with van der Waals surface area (Å²) in [5.41, 5.74) is 2.83. The molecular weight excluding hydrogens is 164 g/mol. The van der Waals surface area contributed by atoms with E-state index in [4.69, 9.17) is 0 Å². The van der Waals surface area contributed by atoms with Crippen LogP contribution in [0.5, 0.6) is 0 Å². The first-order valence-corrected chi connectivity index (χ1v) is 5.66. The van der Waals surface area contributed by atoms with E-state index in [1.807, 2.05) is 11.8 Å². The first-order chi connectivity index (χ1) is 5.56. The SMILES string of the molecule is CSC(C=C(C)C)CC=C(C)C. The molecule has 0 amide bonds. The fraction of sp³-hybridized carbons (Fsp3) is 0.636. The van der Waals surface area contributed by atoms with Crippen LogP contribution in [0.25, 0.3) is 0 Å². The molecule has 0 heterocycles. The van der Waals surface area contributed by atoms with E-state index >= 15 is 0 Å². The minimum absolute atomic E-state index is 0.657. The Morgan fingerprint density at radius 3 is 2.08 bits per heavy atom. The van der Waals surface area contributed by atoms with Crippen LogP contribution in [0.3, 0.4) is 0 Å². The molecule has 0 aromatic carbocycles. The van der Waals surface area contributed by atoms with Gasteiger partial charge in [0.25, 0.3) is 0 Å². The highest BCUT2D eigenvalue weighted by Gasteiger charge is 1.99. The third kappa shape index (κ3) is 6.53. The number of rotatable bonds is 4. The zero-order chi connectivity index (χ0) is 9.56. The molecule has 0 aromatic rings. The molecule has 0 radical (unpaired) electrons. The van der Waals surface area contributed by atoms with Crippen LogP contribution in [0.2, 0.25) is 0 Å². The van der Waals surface area contributed by atoms with Gasteiger partial charge in [0.05, 0.1) is 0 Å². The van der Waals surface area contributed by atoms with E-state index in [0.717, 1.165) is 6.42 Å². The van der Waals surface area contributed by atoms with Gasteiger partial charge in [-0.25, -0.2) is 0 Å². The lowest BCUT2D eigenvalue weighted by Gasteiger charge is -2.07. The van der Waals surface area contributed by atoms with E-state index in [1.165, 1.54) is 11.1 Å². The van der Waals surface area contributed by atoms with Crippen LogP contribution in [0.4, 0.5) is 0 Å². The Morgan fingerprint density at radius 1 is 1.17 bits per heavy atom. The third-order valence-corrected chi connectivity index (χ3v) is 2.51. The van der Waals surface area contributed by atoms with Gasteiger partial charge in [-0.3, -0.25) is 0 Å². The number of thioether (sulfide) groups is 1. The summed E-state index contributed by atoms with van der Waals surface area (Å²) in [6, 6.07) is 0. The molecule has 12 heavy (non-hydrogen) atoms. The van der Waals surface area contributed by atoms with Gasteiger partial charge in [0.2, 0.25) is 0 Å². The zero-order valence-corrected chi connectivity index (χ0v) is 9.66. The van der Waals surface area contributed by atoms with Gasteiger partial charge in [-0.1, -0.05) is 23.3 Å². The topological polar surface area (TPSA) is 0 Å². The van der Waals surface area contributed by atoms with Gasteiger partial charge in [-0.15, -0.1) is 0 Å². The molecule has 0 saturated heterocycles. The van der Waals surface area contributed by atoms with Gasteiger partial charge in [0, 0.05) is 5.25 Å². The van der Waals surface area contributed by atoms with Crippen molar-refractivity contribution in [2.75, 3.05) is 6.26 Å². The molecular formula is C11H20S. The summed E-state index contributed by atoms with van der Waals surface area (Å²) in [7, 11) is 0. The molecule has 0 aliphatic heterocycles. The summed E-state index contributed by atoms with van der Waals surface area (Å²) in [4.78, 5) is 0. The van der Waals surface area contributed by atoms with Crippen LogP contribution in [0.1, 0.15) is 34.1 Å². The zero-order valence-electron chi connectivity index (χ0n) is 8.85. The molecule has 0 aliphatic rings. The summed E-state index contributed by atoms with van der Waals surface area (Å²) >= 11 is 1.92. The minimum Gasteiger partial charge on any atom is -0.158 e. The second-order valence-electron chi connectivity index (χ2n) is 3.54. The van der Waals surface area contributed by atoms with Crippen LogP contribution < -0.4 is 0 Å². The van der Waals surface area contributed by atoms with Crippen molar-refractivity contribution in [3.63, 3.8) is 0 Å². The molecule has 0 fully saturated rings. The number of hydrogen-bond acceptors (Lipinski definition) is 1. The van der Waals surface area contributed by atoms with E-state index in [1.54, 1.807) is 0 Å². The minimum atomic E-state index is 0.657. The average molecular weight is 184 g/mol. The maximum Gasteiger partial charge on any atom is 0.0261 e. The first-order valence-electron chi connectivity index (χ1n) is 4.37. The fourth-order valence-corrected chi connectivity index (χ4v) is 1.65. The molecule has 70 valence electrons. The van der Waals surface area contributed by atoms with E-state index in [2.05, 4.69) is 46.1 Å². The Labute approximate surface area is 81.1 Å². The monoisotopic (exact) mass is 184 g/mol. The average Bonchev–Trinajstić information content (AvgIpc) is 1.97. The van der Waals surface area contributed by atoms with E-state index in [9.17, 15) is 0 Å². The molecule has 0 aliphatic carbocycles. The molecule has 0 aromatic heterocycles. The van der Waals surface area contributed by atoms with Crippen LogP contribution in [-0.2, 0) is 0 Å². The molecule has 0 spiro atoms. The molecule has 0 bridgehead atoms. The highest BCUT2D eigenvalue weighted by molar-refractivity contribution is 7.99. The summed E-state index contributed by atoms with van der Waals surface area (Å²) in [6.45, 7) is 8.62.